The zero-order valence-corrected chi connectivity index (χ0v) is 16.4. The summed E-state index contributed by atoms with van der Waals surface area (Å²) in [5.74, 6) is -1.36. The second kappa shape index (κ2) is 7.77. The van der Waals surface area contributed by atoms with Crippen molar-refractivity contribution in [1.29, 1.82) is 5.26 Å². The molecule has 160 valence electrons. The molecule has 0 N–H and O–H groups in total. The number of carbonyl (C=O) groups excluding carboxylic acids is 1. The molecule has 10 heteroatoms. The SMILES string of the molecule is CN(C(=O)c1cn2c(-c3ccc(C(F)(F)F)cc3)cnc2cn1)c1ccc(C#N)cc1F. The number of rotatable bonds is 3. The van der Waals surface area contributed by atoms with Gasteiger partial charge in [0.25, 0.3) is 5.91 Å². The van der Waals surface area contributed by atoms with Gasteiger partial charge in [0.15, 0.2) is 5.65 Å². The number of carbonyl (C=O) groups is 1. The lowest BCUT2D eigenvalue weighted by Crippen LogP contribution is -2.28. The normalized spacial score (nSPS) is 11.4. The maximum Gasteiger partial charge on any atom is 0.416 e. The number of amides is 1. The minimum absolute atomic E-state index is 0.0325. The average Bonchev–Trinajstić information content (AvgIpc) is 3.20. The molecule has 0 aliphatic carbocycles. The fourth-order valence-corrected chi connectivity index (χ4v) is 3.17. The maximum absolute atomic E-state index is 14.3. The minimum atomic E-state index is -4.45. The Morgan fingerprint density at radius 3 is 2.44 bits per heavy atom. The highest BCUT2D eigenvalue weighted by atomic mass is 19.4. The van der Waals surface area contributed by atoms with E-state index in [2.05, 4.69) is 9.97 Å². The van der Waals surface area contributed by atoms with Gasteiger partial charge in [-0.05, 0) is 30.3 Å². The van der Waals surface area contributed by atoms with Crippen LogP contribution in [0.4, 0.5) is 23.2 Å². The fourth-order valence-electron chi connectivity index (χ4n) is 3.17. The van der Waals surface area contributed by atoms with E-state index in [1.807, 2.05) is 6.07 Å². The third-order valence-corrected chi connectivity index (χ3v) is 4.87. The number of imidazole rings is 1. The van der Waals surface area contributed by atoms with Crippen molar-refractivity contribution in [3.8, 4) is 17.3 Å². The van der Waals surface area contributed by atoms with Crippen molar-refractivity contribution in [3.63, 3.8) is 0 Å². The molecule has 0 fully saturated rings. The molecule has 0 aliphatic rings. The van der Waals surface area contributed by atoms with E-state index in [0.29, 0.717) is 16.9 Å². The standard InChI is InChI=1S/C22H13F4N5O/c1-30(18-7-2-13(9-27)8-16(18)23)21(32)17-12-31-19(10-29-20(31)11-28-17)14-3-5-15(6-4-14)22(24,25)26/h2-8,10-12H,1H3. The predicted octanol–water partition coefficient (Wildman–Crippen LogP) is 4.70. The number of halogens is 4. The van der Waals surface area contributed by atoms with Gasteiger partial charge in [-0.3, -0.25) is 9.20 Å². The van der Waals surface area contributed by atoms with Crippen LogP contribution >= 0.6 is 0 Å². The molecule has 1 amide bonds. The van der Waals surface area contributed by atoms with Crippen molar-refractivity contribution in [2.45, 2.75) is 6.18 Å². The van der Waals surface area contributed by atoms with Gasteiger partial charge in [-0.1, -0.05) is 12.1 Å². The summed E-state index contributed by atoms with van der Waals surface area (Å²) in [5, 5.41) is 8.86. The highest BCUT2D eigenvalue weighted by Gasteiger charge is 2.30. The number of fused-ring (bicyclic) bond motifs is 1. The van der Waals surface area contributed by atoms with Crippen LogP contribution in [0.15, 0.2) is 61.1 Å². The predicted molar refractivity (Wildman–Crippen MR) is 107 cm³/mol. The Kier molecular flexibility index (Phi) is 5.10. The molecular formula is C22H13F4N5O. The zero-order chi connectivity index (χ0) is 23.0. The molecule has 4 rings (SSSR count). The van der Waals surface area contributed by atoms with E-state index >= 15 is 0 Å². The van der Waals surface area contributed by atoms with E-state index in [1.165, 1.54) is 54.3 Å². The Balaban J connectivity index is 1.69. The van der Waals surface area contributed by atoms with Gasteiger partial charge in [0.2, 0.25) is 0 Å². The molecule has 0 saturated heterocycles. The average molecular weight is 439 g/mol. The van der Waals surface area contributed by atoms with Gasteiger partial charge in [0.1, 0.15) is 11.5 Å². The third-order valence-electron chi connectivity index (χ3n) is 4.87. The second-order valence-corrected chi connectivity index (χ2v) is 6.86. The summed E-state index contributed by atoms with van der Waals surface area (Å²) in [7, 11) is 1.36. The molecule has 4 aromatic rings. The van der Waals surface area contributed by atoms with Crippen LogP contribution < -0.4 is 4.90 Å². The van der Waals surface area contributed by atoms with E-state index in [9.17, 15) is 22.4 Å². The van der Waals surface area contributed by atoms with Crippen LogP contribution in [0.5, 0.6) is 0 Å². The highest BCUT2D eigenvalue weighted by Crippen LogP contribution is 2.31. The van der Waals surface area contributed by atoms with E-state index < -0.39 is 23.5 Å². The Labute approximate surface area is 179 Å². The monoisotopic (exact) mass is 439 g/mol. The molecule has 0 bridgehead atoms. The van der Waals surface area contributed by atoms with Crippen LogP contribution in [0.2, 0.25) is 0 Å². The number of anilines is 1. The lowest BCUT2D eigenvalue weighted by atomic mass is 10.1. The van der Waals surface area contributed by atoms with Gasteiger partial charge in [0, 0.05) is 18.8 Å². The molecule has 6 nitrogen and oxygen atoms in total. The van der Waals surface area contributed by atoms with Crippen molar-refractivity contribution in [2.75, 3.05) is 11.9 Å². The molecule has 32 heavy (non-hydrogen) atoms. The second-order valence-electron chi connectivity index (χ2n) is 6.86. The Morgan fingerprint density at radius 1 is 1.09 bits per heavy atom. The molecule has 0 saturated carbocycles. The first-order valence-corrected chi connectivity index (χ1v) is 9.17. The molecule has 0 aliphatic heterocycles. The number of hydrogen-bond donors (Lipinski definition) is 0. The van der Waals surface area contributed by atoms with E-state index in [-0.39, 0.29) is 16.9 Å². The molecule has 2 aromatic heterocycles. The van der Waals surface area contributed by atoms with Gasteiger partial charge in [-0.2, -0.15) is 18.4 Å². The molecular weight excluding hydrogens is 426 g/mol. The van der Waals surface area contributed by atoms with Crippen LogP contribution in [0.3, 0.4) is 0 Å². The van der Waals surface area contributed by atoms with E-state index in [1.54, 1.807) is 0 Å². The van der Waals surface area contributed by atoms with Crippen molar-refractivity contribution in [2.24, 2.45) is 0 Å². The zero-order valence-electron chi connectivity index (χ0n) is 16.4. The summed E-state index contributed by atoms with van der Waals surface area (Å²) >= 11 is 0. The molecule has 0 spiro atoms. The van der Waals surface area contributed by atoms with Gasteiger partial charge in [0.05, 0.1) is 41.0 Å². The molecule has 2 heterocycles. The lowest BCUT2D eigenvalue weighted by Gasteiger charge is -2.18. The smallest absolute Gasteiger partial charge is 0.307 e. The topological polar surface area (TPSA) is 74.3 Å². The first-order valence-electron chi connectivity index (χ1n) is 9.17. The van der Waals surface area contributed by atoms with E-state index in [4.69, 9.17) is 5.26 Å². The van der Waals surface area contributed by atoms with Gasteiger partial charge >= 0.3 is 6.18 Å². The van der Waals surface area contributed by atoms with Crippen LogP contribution in [-0.4, -0.2) is 27.3 Å². The molecule has 0 atom stereocenters. The van der Waals surface area contributed by atoms with Crippen LogP contribution in [0.25, 0.3) is 16.9 Å². The Morgan fingerprint density at radius 2 is 1.81 bits per heavy atom. The van der Waals surface area contributed by atoms with Crippen molar-refractivity contribution < 1.29 is 22.4 Å². The number of nitriles is 1. The number of hydrogen-bond acceptors (Lipinski definition) is 4. The summed E-state index contributed by atoms with van der Waals surface area (Å²) < 4.78 is 54.3. The Bertz CT molecular complexity index is 1370. The van der Waals surface area contributed by atoms with Crippen molar-refractivity contribution >= 4 is 17.2 Å². The van der Waals surface area contributed by atoms with Crippen LogP contribution in [0, 0.1) is 17.1 Å². The first kappa shape index (κ1) is 21.0. The minimum Gasteiger partial charge on any atom is -0.307 e. The van der Waals surface area contributed by atoms with Gasteiger partial charge in [-0.15, -0.1) is 0 Å². The molecule has 2 aromatic carbocycles. The molecule has 0 radical (unpaired) electrons. The van der Waals surface area contributed by atoms with Crippen LogP contribution in [-0.2, 0) is 6.18 Å². The summed E-state index contributed by atoms with van der Waals surface area (Å²) in [6, 6.07) is 10.1. The number of aromatic nitrogens is 3. The maximum atomic E-state index is 14.3. The summed E-state index contributed by atoms with van der Waals surface area (Å²) in [4.78, 5) is 22.2. The number of alkyl halides is 3. The summed E-state index contributed by atoms with van der Waals surface area (Å²) in [5.41, 5.74) is 0.562. The summed E-state index contributed by atoms with van der Waals surface area (Å²) in [6.45, 7) is 0. The quantitative estimate of drug-likeness (QED) is 0.434. The summed E-state index contributed by atoms with van der Waals surface area (Å²) in [6.07, 6.45) is -0.274. The number of nitrogens with zero attached hydrogens (tertiary/aromatic N) is 5. The fraction of sp³-hybridized carbons (Fsp3) is 0.0909. The van der Waals surface area contributed by atoms with Crippen molar-refractivity contribution in [3.05, 3.63) is 83.7 Å². The van der Waals surface area contributed by atoms with Gasteiger partial charge in [-0.25, -0.2) is 14.4 Å². The molecule has 0 unspecified atom stereocenters. The van der Waals surface area contributed by atoms with Crippen molar-refractivity contribution in [1.82, 2.24) is 14.4 Å². The Hall–Kier alpha value is -4.26. The number of benzene rings is 2. The van der Waals surface area contributed by atoms with Gasteiger partial charge < -0.3 is 4.90 Å². The highest BCUT2D eigenvalue weighted by molar-refractivity contribution is 6.04. The van der Waals surface area contributed by atoms with Crippen LogP contribution in [0.1, 0.15) is 21.6 Å². The first-order chi connectivity index (χ1) is 15.2. The van der Waals surface area contributed by atoms with E-state index in [0.717, 1.165) is 23.1 Å². The third kappa shape index (κ3) is 3.76. The largest absolute Gasteiger partial charge is 0.416 e. The lowest BCUT2D eigenvalue weighted by molar-refractivity contribution is -0.137.